The monoisotopic (exact) mass is 270 g/mol. The number of ether oxygens (including phenoxy) is 2. The summed E-state index contributed by atoms with van der Waals surface area (Å²) in [6.07, 6.45) is 6.96. The van der Waals surface area contributed by atoms with Crippen LogP contribution in [0.2, 0.25) is 0 Å². The zero-order chi connectivity index (χ0) is 14.5. The maximum absolute atomic E-state index is 11.5. The molecule has 0 rings (SSSR count). The Morgan fingerprint density at radius 2 is 1.21 bits per heavy atom. The van der Waals surface area contributed by atoms with E-state index >= 15 is 0 Å². The van der Waals surface area contributed by atoms with Gasteiger partial charge in [0.25, 0.3) is 0 Å². The zero-order valence-electron chi connectivity index (χ0n) is 12.2. The van der Waals surface area contributed by atoms with Crippen molar-refractivity contribution in [2.45, 2.75) is 58.8 Å². The molecule has 0 aliphatic heterocycles. The molecule has 0 fully saturated rings. The molecule has 0 aromatic rings. The van der Waals surface area contributed by atoms with Crippen LogP contribution in [0.15, 0.2) is 12.2 Å². The topological polar surface area (TPSA) is 52.6 Å². The van der Waals surface area contributed by atoms with Gasteiger partial charge in [0.15, 0.2) is 0 Å². The van der Waals surface area contributed by atoms with E-state index in [1.54, 1.807) is 0 Å². The third-order valence-corrected chi connectivity index (χ3v) is 2.70. The van der Waals surface area contributed by atoms with Gasteiger partial charge in [-0.1, -0.05) is 52.5 Å². The lowest BCUT2D eigenvalue weighted by atomic mass is 10.2. The van der Waals surface area contributed by atoms with E-state index in [2.05, 4.69) is 20.4 Å². The summed E-state index contributed by atoms with van der Waals surface area (Å²) >= 11 is 0. The fourth-order valence-electron chi connectivity index (χ4n) is 1.47. The molecule has 0 spiro atoms. The van der Waals surface area contributed by atoms with E-state index in [1.165, 1.54) is 0 Å². The second-order valence-corrected chi connectivity index (χ2v) is 4.52. The Hall–Kier alpha value is -1.32. The average Bonchev–Trinajstić information content (AvgIpc) is 2.42. The first-order chi connectivity index (χ1) is 9.13. The lowest BCUT2D eigenvalue weighted by molar-refractivity contribution is -0.147. The molecule has 0 atom stereocenters. The number of unbranched alkanes of at least 4 members (excludes halogenated alkanes) is 5. The molecule has 4 nitrogen and oxygen atoms in total. The van der Waals surface area contributed by atoms with E-state index in [-0.39, 0.29) is 5.57 Å². The van der Waals surface area contributed by atoms with Gasteiger partial charge >= 0.3 is 11.9 Å². The SMILES string of the molecule is C=C(C(=O)OCCCCC)C(=O)OCCCCCC. The van der Waals surface area contributed by atoms with Crippen molar-refractivity contribution in [1.29, 1.82) is 0 Å². The lowest BCUT2D eigenvalue weighted by Crippen LogP contribution is -2.18. The lowest BCUT2D eigenvalue weighted by Gasteiger charge is -2.07. The Kier molecular flexibility index (Phi) is 10.9. The van der Waals surface area contributed by atoms with E-state index in [9.17, 15) is 9.59 Å². The quantitative estimate of drug-likeness (QED) is 0.190. The van der Waals surface area contributed by atoms with Crippen LogP contribution < -0.4 is 0 Å². The van der Waals surface area contributed by atoms with E-state index in [0.29, 0.717) is 13.2 Å². The largest absolute Gasteiger partial charge is 0.462 e. The van der Waals surface area contributed by atoms with E-state index < -0.39 is 11.9 Å². The molecule has 0 amide bonds. The van der Waals surface area contributed by atoms with Crippen molar-refractivity contribution in [3.05, 3.63) is 12.2 Å². The molecule has 0 saturated carbocycles. The van der Waals surface area contributed by atoms with Crippen molar-refractivity contribution in [3.63, 3.8) is 0 Å². The molecule has 0 unspecified atom stereocenters. The van der Waals surface area contributed by atoms with E-state index in [4.69, 9.17) is 9.47 Å². The van der Waals surface area contributed by atoms with Crippen molar-refractivity contribution >= 4 is 11.9 Å². The zero-order valence-corrected chi connectivity index (χ0v) is 12.2. The highest BCUT2D eigenvalue weighted by Crippen LogP contribution is 2.04. The van der Waals surface area contributed by atoms with Gasteiger partial charge < -0.3 is 9.47 Å². The predicted molar refractivity (Wildman–Crippen MR) is 74.7 cm³/mol. The fourth-order valence-corrected chi connectivity index (χ4v) is 1.47. The molecule has 19 heavy (non-hydrogen) atoms. The Labute approximate surface area is 116 Å². The van der Waals surface area contributed by atoms with Gasteiger partial charge in [0.05, 0.1) is 13.2 Å². The summed E-state index contributed by atoms with van der Waals surface area (Å²) < 4.78 is 9.89. The number of rotatable bonds is 11. The highest BCUT2D eigenvalue weighted by atomic mass is 16.6. The van der Waals surface area contributed by atoms with Crippen LogP contribution in [0, 0.1) is 0 Å². The Bertz CT molecular complexity index is 284. The fraction of sp³-hybridized carbons (Fsp3) is 0.733. The van der Waals surface area contributed by atoms with Crippen molar-refractivity contribution in [1.82, 2.24) is 0 Å². The number of carbonyl (C=O) groups is 2. The van der Waals surface area contributed by atoms with Crippen LogP contribution in [-0.4, -0.2) is 25.2 Å². The summed E-state index contributed by atoms with van der Waals surface area (Å²) in [5, 5.41) is 0. The summed E-state index contributed by atoms with van der Waals surface area (Å²) in [7, 11) is 0. The van der Waals surface area contributed by atoms with E-state index in [0.717, 1.165) is 44.9 Å². The molecule has 0 bridgehead atoms. The van der Waals surface area contributed by atoms with Crippen LogP contribution in [0.3, 0.4) is 0 Å². The molecule has 0 N–H and O–H groups in total. The van der Waals surface area contributed by atoms with Gasteiger partial charge in [-0.3, -0.25) is 0 Å². The Morgan fingerprint density at radius 3 is 1.68 bits per heavy atom. The van der Waals surface area contributed by atoms with Crippen molar-refractivity contribution in [2.24, 2.45) is 0 Å². The molecule has 0 aliphatic rings. The van der Waals surface area contributed by atoms with Crippen LogP contribution >= 0.6 is 0 Å². The first-order valence-corrected chi connectivity index (χ1v) is 7.16. The van der Waals surface area contributed by atoms with Crippen molar-refractivity contribution in [2.75, 3.05) is 13.2 Å². The van der Waals surface area contributed by atoms with Crippen LogP contribution in [-0.2, 0) is 19.1 Å². The summed E-state index contributed by atoms with van der Waals surface area (Å²) in [6, 6.07) is 0. The highest BCUT2D eigenvalue weighted by molar-refractivity contribution is 6.13. The molecule has 0 aliphatic carbocycles. The van der Waals surface area contributed by atoms with Gasteiger partial charge in [-0.05, 0) is 12.8 Å². The average molecular weight is 270 g/mol. The summed E-state index contributed by atoms with van der Waals surface area (Å²) in [5.41, 5.74) is -0.216. The maximum Gasteiger partial charge on any atom is 0.344 e. The Balaban J connectivity index is 3.72. The molecule has 0 aromatic carbocycles. The summed E-state index contributed by atoms with van der Waals surface area (Å²) in [6.45, 7) is 8.26. The molecule has 0 radical (unpaired) electrons. The smallest absolute Gasteiger partial charge is 0.344 e. The summed E-state index contributed by atoms with van der Waals surface area (Å²) in [5.74, 6) is -1.34. The molecule has 0 saturated heterocycles. The molecular weight excluding hydrogens is 244 g/mol. The van der Waals surface area contributed by atoms with Crippen LogP contribution in [0.4, 0.5) is 0 Å². The van der Waals surface area contributed by atoms with Gasteiger partial charge in [-0.2, -0.15) is 0 Å². The molecule has 0 heterocycles. The number of esters is 2. The molecular formula is C15H26O4. The van der Waals surface area contributed by atoms with Crippen LogP contribution in [0.5, 0.6) is 0 Å². The minimum atomic E-state index is -0.672. The normalized spacial score (nSPS) is 10.0. The number of hydrogen-bond acceptors (Lipinski definition) is 4. The van der Waals surface area contributed by atoms with Crippen LogP contribution in [0.25, 0.3) is 0 Å². The van der Waals surface area contributed by atoms with Gasteiger partial charge in [0.2, 0.25) is 0 Å². The minimum Gasteiger partial charge on any atom is -0.462 e. The van der Waals surface area contributed by atoms with Gasteiger partial charge in [-0.15, -0.1) is 0 Å². The van der Waals surface area contributed by atoms with Crippen molar-refractivity contribution in [3.8, 4) is 0 Å². The molecule has 4 heteroatoms. The standard InChI is InChI=1S/C15H26O4/c1-4-6-8-10-12-19-15(17)13(3)14(16)18-11-9-7-5-2/h3-12H2,1-2H3. The van der Waals surface area contributed by atoms with Gasteiger partial charge in [-0.25, -0.2) is 9.59 Å². The number of carbonyl (C=O) groups excluding carboxylic acids is 2. The predicted octanol–water partition coefficient (Wildman–Crippen LogP) is 3.40. The summed E-state index contributed by atoms with van der Waals surface area (Å²) in [4.78, 5) is 22.9. The molecule has 110 valence electrons. The van der Waals surface area contributed by atoms with Gasteiger partial charge in [0, 0.05) is 0 Å². The van der Waals surface area contributed by atoms with E-state index in [1.807, 2.05) is 0 Å². The minimum absolute atomic E-state index is 0.216. The van der Waals surface area contributed by atoms with Crippen molar-refractivity contribution < 1.29 is 19.1 Å². The number of hydrogen-bond donors (Lipinski definition) is 0. The first kappa shape index (κ1) is 17.7. The van der Waals surface area contributed by atoms with Gasteiger partial charge in [0.1, 0.15) is 5.57 Å². The third kappa shape index (κ3) is 9.28. The first-order valence-electron chi connectivity index (χ1n) is 7.16. The second kappa shape index (κ2) is 11.8. The highest BCUT2D eigenvalue weighted by Gasteiger charge is 2.18. The Morgan fingerprint density at radius 1 is 0.789 bits per heavy atom. The van der Waals surface area contributed by atoms with Crippen LogP contribution in [0.1, 0.15) is 58.8 Å². The second-order valence-electron chi connectivity index (χ2n) is 4.52. The third-order valence-electron chi connectivity index (χ3n) is 2.70. The maximum atomic E-state index is 11.5. The molecule has 0 aromatic heterocycles.